The summed E-state index contributed by atoms with van der Waals surface area (Å²) in [6.07, 6.45) is 0.415. The molecule has 0 radical (unpaired) electrons. The zero-order chi connectivity index (χ0) is 18.7. The van der Waals surface area contributed by atoms with Gasteiger partial charge in [0.15, 0.2) is 6.10 Å². The number of amides is 1. The Balaban J connectivity index is 1.71. The van der Waals surface area contributed by atoms with Crippen molar-refractivity contribution in [2.24, 2.45) is 0 Å². The van der Waals surface area contributed by atoms with Gasteiger partial charge in [0, 0.05) is 6.20 Å². The van der Waals surface area contributed by atoms with Gasteiger partial charge >= 0.3 is 5.97 Å². The van der Waals surface area contributed by atoms with Gasteiger partial charge in [0.05, 0.1) is 6.54 Å². The van der Waals surface area contributed by atoms with Crippen LogP contribution in [0, 0.1) is 6.92 Å². The van der Waals surface area contributed by atoms with Crippen molar-refractivity contribution < 1.29 is 19.4 Å². The molecule has 1 aromatic carbocycles. The average molecular weight is 356 g/mol. The van der Waals surface area contributed by atoms with Crippen LogP contribution in [0.1, 0.15) is 24.0 Å². The molecule has 1 aromatic heterocycles. The number of carboxylic acid groups (broad SMARTS) is 1. The van der Waals surface area contributed by atoms with Crippen LogP contribution >= 0.6 is 0 Å². The van der Waals surface area contributed by atoms with E-state index in [-0.39, 0.29) is 17.7 Å². The summed E-state index contributed by atoms with van der Waals surface area (Å²) < 4.78 is 6.72. The van der Waals surface area contributed by atoms with E-state index < -0.39 is 24.1 Å². The third-order valence-electron chi connectivity index (χ3n) is 4.34. The molecular weight excluding hydrogens is 336 g/mol. The largest absolute Gasteiger partial charge is 0.479 e. The molecule has 0 bridgehead atoms. The van der Waals surface area contributed by atoms with Gasteiger partial charge < -0.3 is 19.7 Å². The number of aliphatic carboxylic acids is 1. The first-order chi connectivity index (χ1) is 12.4. The summed E-state index contributed by atoms with van der Waals surface area (Å²) >= 11 is 0. The molecule has 7 nitrogen and oxygen atoms in total. The van der Waals surface area contributed by atoms with Gasteiger partial charge in [-0.2, -0.15) is 0 Å². The van der Waals surface area contributed by atoms with Crippen molar-refractivity contribution in [3.63, 3.8) is 0 Å². The van der Waals surface area contributed by atoms with Gasteiger partial charge in [0.25, 0.3) is 11.5 Å². The van der Waals surface area contributed by atoms with Crippen molar-refractivity contribution in [3.05, 3.63) is 64.1 Å². The van der Waals surface area contributed by atoms with Crippen LogP contribution in [0.4, 0.5) is 5.69 Å². The van der Waals surface area contributed by atoms with Gasteiger partial charge in [-0.25, -0.2) is 4.79 Å². The Morgan fingerprint density at radius 2 is 1.88 bits per heavy atom. The Kier molecular flexibility index (Phi) is 5.18. The number of carbonyl (C=O) groups is 2. The minimum atomic E-state index is -1.08. The lowest BCUT2D eigenvalue weighted by Gasteiger charge is -2.13. The van der Waals surface area contributed by atoms with E-state index in [2.05, 4.69) is 5.32 Å². The fraction of sp³-hybridized carbons (Fsp3) is 0.316. The normalized spacial score (nSPS) is 19.3. The Morgan fingerprint density at radius 1 is 1.19 bits per heavy atom. The highest BCUT2D eigenvalue weighted by Gasteiger charge is 2.34. The van der Waals surface area contributed by atoms with Crippen LogP contribution in [0.25, 0.3) is 0 Å². The summed E-state index contributed by atoms with van der Waals surface area (Å²) in [7, 11) is 0. The topological polar surface area (TPSA) is 97.6 Å². The molecule has 26 heavy (non-hydrogen) atoms. The SMILES string of the molecule is Cc1ccc(Cn2cccc(NC(=O)[C@@H]3CC[C@H](C(=O)O)O3)c2=O)cc1. The molecule has 1 aliphatic rings. The van der Waals surface area contributed by atoms with Crippen molar-refractivity contribution in [1.29, 1.82) is 0 Å². The number of benzene rings is 1. The van der Waals surface area contributed by atoms with Crippen LogP contribution in [-0.4, -0.2) is 33.8 Å². The lowest BCUT2D eigenvalue weighted by molar-refractivity contribution is -0.150. The molecular formula is C19H20N2O5. The first-order valence-electron chi connectivity index (χ1n) is 8.38. The highest BCUT2D eigenvalue weighted by atomic mass is 16.5. The highest BCUT2D eigenvalue weighted by molar-refractivity contribution is 5.94. The number of aryl methyl sites for hydroxylation is 1. The van der Waals surface area contributed by atoms with Crippen LogP contribution in [0.5, 0.6) is 0 Å². The van der Waals surface area contributed by atoms with Crippen LogP contribution in [0.2, 0.25) is 0 Å². The lowest BCUT2D eigenvalue weighted by Crippen LogP contribution is -2.33. The van der Waals surface area contributed by atoms with E-state index in [0.29, 0.717) is 13.0 Å². The van der Waals surface area contributed by atoms with Gasteiger partial charge in [0.2, 0.25) is 0 Å². The number of carboxylic acids is 1. The van der Waals surface area contributed by atoms with Crippen molar-refractivity contribution in [2.45, 2.75) is 38.5 Å². The zero-order valence-corrected chi connectivity index (χ0v) is 14.3. The summed E-state index contributed by atoms with van der Waals surface area (Å²) in [5.74, 6) is -1.58. The van der Waals surface area contributed by atoms with Crippen LogP contribution in [-0.2, 0) is 20.9 Å². The Labute approximate surface area is 150 Å². The van der Waals surface area contributed by atoms with Crippen LogP contribution in [0.3, 0.4) is 0 Å². The summed E-state index contributed by atoms with van der Waals surface area (Å²) in [4.78, 5) is 35.8. The standard InChI is InChI=1S/C19H20N2O5/c1-12-4-6-13(7-5-12)11-21-10-2-3-14(18(21)23)20-17(22)15-8-9-16(26-15)19(24)25/h2-7,10,15-16H,8-9,11H2,1H3,(H,20,22)(H,24,25)/t15-,16+/m0/s1. The van der Waals surface area contributed by atoms with Gasteiger partial charge in [0.1, 0.15) is 11.8 Å². The summed E-state index contributed by atoms with van der Waals surface area (Å²) in [6.45, 7) is 2.38. The minimum Gasteiger partial charge on any atom is -0.479 e. The molecule has 136 valence electrons. The number of aromatic nitrogens is 1. The molecule has 2 atom stereocenters. The zero-order valence-electron chi connectivity index (χ0n) is 14.3. The van der Waals surface area contributed by atoms with E-state index in [1.165, 1.54) is 10.6 Å². The molecule has 7 heteroatoms. The van der Waals surface area contributed by atoms with E-state index >= 15 is 0 Å². The second-order valence-electron chi connectivity index (χ2n) is 6.36. The number of anilines is 1. The third-order valence-corrected chi connectivity index (χ3v) is 4.34. The molecule has 1 fully saturated rings. The Hall–Kier alpha value is -2.93. The van der Waals surface area contributed by atoms with E-state index in [4.69, 9.17) is 9.84 Å². The molecule has 1 saturated heterocycles. The second kappa shape index (κ2) is 7.53. The molecule has 2 heterocycles. The van der Waals surface area contributed by atoms with E-state index in [9.17, 15) is 14.4 Å². The number of pyridine rings is 1. The summed E-state index contributed by atoms with van der Waals surface area (Å²) in [5.41, 5.74) is 1.93. The summed E-state index contributed by atoms with van der Waals surface area (Å²) in [6, 6.07) is 11.1. The van der Waals surface area contributed by atoms with E-state index in [1.807, 2.05) is 31.2 Å². The minimum absolute atomic E-state index is 0.145. The monoisotopic (exact) mass is 356 g/mol. The number of nitrogens with zero attached hydrogens (tertiary/aromatic N) is 1. The Bertz CT molecular complexity index is 872. The van der Waals surface area contributed by atoms with Crippen molar-refractivity contribution in [3.8, 4) is 0 Å². The maximum atomic E-state index is 12.6. The van der Waals surface area contributed by atoms with Crippen molar-refractivity contribution in [2.75, 3.05) is 5.32 Å². The van der Waals surface area contributed by atoms with Gasteiger partial charge in [-0.1, -0.05) is 29.8 Å². The fourth-order valence-electron chi connectivity index (χ4n) is 2.87. The third kappa shape index (κ3) is 4.00. The summed E-state index contributed by atoms with van der Waals surface area (Å²) in [5, 5.41) is 11.5. The van der Waals surface area contributed by atoms with Crippen molar-refractivity contribution in [1.82, 2.24) is 4.57 Å². The molecule has 0 saturated carbocycles. The first-order valence-corrected chi connectivity index (χ1v) is 8.38. The van der Waals surface area contributed by atoms with Crippen molar-refractivity contribution >= 4 is 17.6 Å². The fourth-order valence-corrected chi connectivity index (χ4v) is 2.87. The molecule has 2 aromatic rings. The predicted octanol–water partition coefficient (Wildman–Crippen LogP) is 1.78. The maximum absolute atomic E-state index is 12.6. The second-order valence-corrected chi connectivity index (χ2v) is 6.36. The highest BCUT2D eigenvalue weighted by Crippen LogP contribution is 2.21. The quantitative estimate of drug-likeness (QED) is 0.851. The average Bonchev–Trinajstić information content (AvgIpc) is 3.11. The maximum Gasteiger partial charge on any atom is 0.332 e. The molecule has 1 aliphatic heterocycles. The van der Waals surface area contributed by atoms with Crippen LogP contribution in [0.15, 0.2) is 47.4 Å². The molecule has 2 N–H and O–H groups in total. The molecule has 0 unspecified atom stereocenters. The van der Waals surface area contributed by atoms with E-state index in [0.717, 1.165) is 11.1 Å². The first kappa shape index (κ1) is 17.9. The number of carbonyl (C=O) groups excluding carboxylic acids is 1. The van der Waals surface area contributed by atoms with Gasteiger partial charge in [-0.05, 0) is 37.5 Å². The Morgan fingerprint density at radius 3 is 2.54 bits per heavy atom. The number of ether oxygens (including phenoxy) is 1. The number of hydrogen-bond acceptors (Lipinski definition) is 4. The van der Waals surface area contributed by atoms with Gasteiger partial charge in [-0.15, -0.1) is 0 Å². The number of nitrogens with one attached hydrogen (secondary N) is 1. The molecule has 0 spiro atoms. The van der Waals surface area contributed by atoms with E-state index in [1.54, 1.807) is 12.3 Å². The van der Waals surface area contributed by atoms with Gasteiger partial charge in [-0.3, -0.25) is 9.59 Å². The number of rotatable bonds is 5. The van der Waals surface area contributed by atoms with Crippen LogP contribution < -0.4 is 10.9 Å². The smallest absolute Gasteiger partial charge is 0.332 e. The number of hydrogen-bond donors (Lipinski definition) is 2. The lowest BCUT2D eigenvalue weighted by atomic mass is 10.1. The predicted molar refractivity (Wildman–Crippen MR) is 95.1 cm³/mol. The molecule has 3 rings (SSSR count). The molecule has 0 aliphatic carbocycles. The molecule has 1 amide bonds.